The van der Waals surface area contributed by atoms with Crippen molar-refractivity contribution in [3.05, 3.63) is 45.9 Å². The van der Waals surface area contributed by atoms with E-state index in [1.807, 2.05) is 13.8 Å². The lowest BCUT2D eigenvalue weighted by Gasteiger charge is -2.31. The Kier molecular flexibility index (Phi) is 10.7. The highest BCUT2D eigenvalue weighted by molar-refractivity contribution is 6.34. The summed E-state index contributed by atoms with van der Waals surface area (Å²) in [5.41, 5.74) is 3.86. The fraction of sp³-hybridized carbons (Fsp3) is 0.656. The van der Waals surface area contributed by atoms with E-state index in [-0.39, 0.29) is 22.7 Å². The van der Waals surface area contributed by atoms with E-state index >= 15 is 0 Å². The van der Waals surface area contributed by atoms with Gasteiger partial charge in [-0.25, -0.2) is 0 Å². The summed E-state index contributed by atoms with van der Waals surface area (Å²) in [6, 6.07) is 6.55. The third kappa shape index (κ3) is 7.39. The maximum Gasteiger partial charge on any atom is 0.261 e. The third-order valence-electron chi connectivity index (χ3n) is 8.61. The van der Waals surface area contributed by atoms with Gasteiger partial charge in [0, 0.05) is 18.0 Å². The number of aromatic nitrogens is 4. The molecule has 2 atom stereocenters. The molecule has 0 aliphatic carbocycles. The average Bonchev–Trinajstić information content (AvgIpc) is 3.46. The minimum Gasteiger partial charge on any atom is -0.480 e. The number of H-pyrrole nitrogens is 1. The fourth-order valence-corrected chi connectivity index (χ4v) is 4.90. The molecule has 0 saturated heterocycles. The van der Waals surface area contributed by atoms with Gasteiger partial charge < -0.3 is 15.0 Å². The van der Waals surface area contributed by atoms with E-state index < -0.39 is 6.10 Å². The van der Waals surface area contributed by atoms with Gasteiger partial charge in [-0.3, -0.25) is 4.79 Å². The van der Waals surface area contributed by atoms with E-state index in [0.717, 1.165) is 55.8 Å². The van der Waals surface area contributed by atoms with Crippen molar-refractivity contribution in [2.24, 2.45) is 0 Å². The van der Waals surface area contributed by atoms with Crippen LogP contribution in [0, 0.1) is 6.92 Å². The molecule has 222 valence electrons. The zero-order valence-electron chi connectivity index (χ0n) is 26.1. The van der Waals surface area contributed by atoms with Crippen LogP contribution in [-0.4, -0.2) is 38.4 Å². The molecule has 2 heterocycles. The summed E-state index contributed by atoms with van der Waals surface area (Å²) in [5.74, 6) is 1.40. The molecular weight excluding hydrogens is 522 g/mol. The van der Waals surface area contributed by atoms with Crippen LogP contribution >= 0.6 is 11.6 Å². The third-order valence-corrected chi connectivity index (χ3v) is 9.06. The summed E-state index contributed by atoms with van der Waals surface area (Å²) in [5, 5.41) is 12.6. The molecule has 0 saturated carbocycles. The number of ether oxygens (including phenoxy) is 1. The van der Waals surface area contributed by atoms with Gasteiger partial charge in [0.25, 0.3) is 5.91 Å². The van der Waals surface area contributed by atoms with Gasteiger partial charge in [-0.1, -0.05) is 98.4 Å². The molecular formula is C32H50ClN5O2. The number of hydrogen-bond donors (Lipinski definition) is 2. The lowest BCUT2D eigenvalue weighted by Crippen LogP contribution is -2.40. The first-order chi connectivity index (χ1) is 18.8. The van der Waals surface area contributed by atoms with Crippen LogP contribution in [0.25, 0.3) is 5.65 Å². The van der Waals surface area contributed by atoms with Crippen LogP contribution in [0.5, 0.6) is 5.75 Å². The number of amides is 1. The number of carbonyl (C=O) groups excluding carboxylic acids is 1. The Morgan fingerprint density at radius 1 is 1.07 bits per heavy atom. The molecule has 3 rings (SSSR count). The van der Waals surface area contributed by atoms with E-state index in [9.17, 15) is 4.79 Å². The van der Waals surface area contributed by atoms with Crippen molar-refractivity contribution >= 4 is 23.2 Å². The number of fused-ring (bicyclic) bond motifs is 1. The van der Waals surface area contributed by atoms with E-state index in [1.54, 1.807) is 0 Å². The van der Waals surface area contributed by atoms with Gasteiger partial charge >= 0.3 is 0 Å². The minimum absolute atomic E-state index is 0.0482. The lowest BCUT2D eigenvalue weighted by atomic mass is 9.76. The number of benzene rings is 1. The Balaban J connectivity index is 1.81. The Hall–Kier alpha value is -2.54. The second-order valence-electron chi connectivity index (χ2n) is 12.5. The molecule has 0 bridgehead atoms. The monoisotopic (exact) mass is 571 g/mol. The van der Waals surface area contributed by atoms with Crippen LogP contribution in [0.15, 0.2) is 18.2 Å². The summed E-state index contributed by atoms with van der Waals surface area (Å²) in [6.45, 7) is 20.0. The zero-order chi connectivity index (χ0) is 29.7. The summed E-state index contributed by atoms with van der Waals surface area (Å²) >= 11 is 6.33. The highest BCUT2D eigenvalue weighted by atomic mass is 35.5. The standard InChI is InChI=1S/C32H50ClN5O2/c1-10-13-14-15-16-26(30(39)34-20-21(4)28-35-29-27(33)22(5)36-38(29)37-28)40-25-18-17-23(31(6,7)11-2)19-24(25)32(8,9)12-3/h17-19,21,26H,10-16,20H2,1-9H3,(H,34,39)(H,35,37). The SMILES string of the molecule is CCCCCCC(Oc1ccc(C(C)(C)CC)cc1C(C)(C)CC)C(=O)NCC(C)c1nn2nc(C)c(Cl)c2[nH]1. The molecule has 3 aromatic rings. The average molecular weight is 572 g/mol. The number of rotatable bonds is 15. The predicted molar refractivity (Wildman–Crippen MR) is 165 cm³/mol. The maximum absolute atomic E-state index is 13.6. The number of carbonyl (C=O) groups is 1. The van der Waals surface area contributed by atoms with Crippen molar-refractivity contribution in [1.82, 2.24) is 25.1 Å². The van der Waals surface area contributed by atoms with Crippen molar-refractivity contribution in [2.45, 2.75) is 130 Å². The van der Waals surface area contributed by atoms with Gasteiger partial charge in [-0.05, 0) is 55.1 Å². The molecule has 0 spiro atoms. The first kappa shape index (κ1) is 32.0. The highest BCUT2D eigenvalue weighted by Crippen LogP contribution is 2.39. The second-order valence-corrected chi connectivity index (χ2v) is 12.9. The number of halogens is 1. The van der Waals surface area contributed by atoms with E-state index in [1.165, 1.54) is 15.8 Å². The predicted octanol–water partition coefficient (Wildman–Crippen LogP) is 8.03. The molecule has 1 aromatic carbocycles. The van der Waals surface area contributed by atoms with Crippen LogP contribution in [0.2, 0.25) is 5.02 Å². The largest absolute Gasteiger partial charge is 0.480 e. The number of aryl methyl sites for hydroxylation is 1. The summed E-state index contributed by atoms with van der Waals surface area (Å²) in [4.78, 5) is 16.8. The number of unbranched alkanes of at least 4 members (excludes halogenated alkanes) is 3. The molecule has 2 unspecified atom stereocenters. The molecule has 0 aliphatic heterocycles. The van der Waals surface area contributed by atoms with E-state index in [4.69, 9.17) is 16.3 Å². The number of aromatic amines is 1. The topological polar surface area (TPSA) is 84.3 Å². The summed E-state index contributed by atoms with van der Waals surface area (Å²) in [6.07, 6.45) is 6.47. The van der Waals surface area contributed by atoms with Gasteiger partial charge in [0.05, 0.1) is 5.69 Å². The van der Waals surface area contributed by atoms with Crippen LogP contribution in [-0.2, 0) is 15.6 Å². The molecule has 0 aliphatic rings. The molecule has 7 nitrogen and oxygen atoms in total. The van der Waals surface area contributed by atoms with Gasteiger partial charge in [-0.15, -0.1) is 9.73 Å². The van der Waals surface area contributed by atoms with E-state index in [2.05, 4.69) is 87.2 Å². The first-order valence-corrected chi connectivity index (χ1v) is 15.4. The molecule has 2 aromatic heterocycles. The van der Waals surface area contributed by atoms with Crippen LogP contribution in [0.1, 0.15) is 129 Å². The molecule has 40 heavy (non-hydrogen) atoms. The Morgan fingerprint density at radius 2 is 1.77 bits per heavy atom. The Bertz CT molecular complexity index is 1280. The number of nitrogens with one attached hydrogen (secondary N) is 2. The molecule has 8 heteroatoms. The van der Waals surface area contributed by atoms with Crippen molar-refractivity contribution in [2.75, 3.05) is 6.54 Å². The summed E-state index contributed by atoms with van der Waals surface area (Å²) < 4.78 is 8.13. The highest BCUT2D eigenvalue weighted by Gasteiger charge is 2.29. The van der Waals surface area contributed by atoms with E-state index in [0.29, 0.717) is 23.6 Å². The van der Waals surface area contributed by atoms with Crippen LogP contribution < -0.4 is 10.1 Å². The number of hydrogen-bond acceptors (Lipinski definition) is 4. The van der Waals surface area contributed by atoms with Crippen LogP contribution in [0.4, 0.5) is 0 Å². The molecule has 2 N–H and O–H groups in total. The quantitative estimate of drug-likeness (QED) is 0.181. The molecule has 1 amide bonds. The van der Waals surface area contributed by atoms with Gasteiger partial charge in [0.2, 0.25) is 0 Å². The minimum atomic E-state index is -0.563. The maximum atomic E-state index is 13.6. The lowest BCUT2D eigenvalue weighted by molar-refractivity contribution is -0.128. The fourth-order valence-electron chi connectivity index (χ4n) is 4.74. The Morgan fingerprint density at radius 3 is 2.40 bits per heavy atom. The smallest absolute Gasteiger partial charge is 0.261 e. The normalized spacial score (nSPS) is 13.9. The van der Waals surface area contributed by atoms with Crippen molar-refractivity contribution < 1.29 is 9.53 Å². The first-order valence-electron chi connectivity index (χ1n) is 15.0. The number of nitrogens with zero attached hydrogens (tertiary/aromatic N) is 3. The Labute approximate surface area is 245 Å². The molecule has 0 radical (unpaired) electrons. The van der Waals surface area contributed by atoms with Gasteiger partial charge in [-0.2, -0.15) is 5.10 Å². The molecule has 0 fully saturated rings. The van der Waals surface area contributed by atoms with Crippen molar-refractivity contribution in [3.63, 3.8) is 0 Å². The van der Waals surface area contributed by atoms with Gasteiger partial charge in [0.1, 0.15) is 16.6 Å². The van der Waals surface area contributed by atoms with Crippen molar-refractivity contribution in [1.29, 1.82) is 0 Å². The van der Waals surface area contributed by atoms with Crippen molar-refractivity contribution in [3.8, 4) is 5.75 Å². The zero-order valence-corrected chi connectivity index (χ0v) is 26.8. The van der Waals surface area contributed by atoms with Gasteiger partial charge in [0.15, 0.2) is 11.8 Å². The second kappa shape index (κ2) is 13.4. The van der Waals surface area contributed by atoms with Crippen LogP contribution in [0.3, 0.4) is 0 Å². The summed E-state index contributed by atoms with van der Waals surface area (Å²) in [7, 11) is 0.